The van der Waals surface area contributed by atoms with Gasteiger partial charge in [0.1, 0.15) is 0 Å². The predicted octanol–water partition coefficient (Wildman–Crippen LogP) is 3.51. The molecule has 0 heterocycles. The molecule has 4 heteroatoms. The van der Waals surface area contributed by atoms with Crippen molar-refractivity contribution in [3.05, 3.63) is 70.8 Å². The third kappa shape index (κ3) is 4.69. The Balaban J connectivity index is 1.67. The number of carbonyl (C=O) groups is 2. The Morgan fingerprint density at radius 2 is 1.68 bits per heavy atom. The van der Waals surface area contributed by atoms with Crippen LogP contribution >= 0.6 is 0 Å². The zero-order valence-electron chi connectivity index (χ0n) is 14.7. The van der Waals surface area contributed by atoms with Crippen LogP contribution in [0.15, 0.2) is 48.5 Å². The zero-order chi connectivity index (χ0) is 17.8. The highest BCUT2D eigenvalue weighted by molar-refractivity contribution is 5.94. The summed E-state index contributed by atoms with van der Waals surface area (Å²) in [4.78, 5) is 23.6. The first-order valence-corrected chi connectivity index (χ1v) is 8.74. The first-order chi connectivity index (χ1) is 12.0. The minimum atomic E-state index is -0.0628. The summed E-state index contributed by atoms with van der Waals surface area (Å²) in [6, 6.07) is 15.8. The van der Waals surface area contributed by atoms with Crippen LogP contribution in [-0.2, 0) is 11.3 Å². The number of aryl methyl sites for hydroxylation is 1. The molecule has 0 spiro atoms. The van der Waals surface area contributed by atoms with Gasteiger partial charge in [-0.05, 0) is 48.9 Å². The molecule has 2 aromatic rings. The molecule has 0 saturated heterocycles. The lowest BCUT2D eigenvalue weighted by molar-refractivity contribution is -0.119. The summed E-state index contributed by atoms with van der Waals surface area (Å²) in [6.07, 6.45) is 2.32. The van der Waals surface area contributed by atoms with E-state index in [9.17, 15) is 9.59 Å². The predicted molar refractivity (Wildman–Crippen MR) is 98.1 cm³/mol. The van der Waals surface area contributed by atoms with Crippen LogP contribution in [0.3, 0.4) is 0 Å². The summed E-state index contributed by atoms with van der Waals surface area (Å²) in [5.74, 6) is 0.418. The highest BCUT2D eigenvalue weighted by Gasteiger charge is 2.33. The maximum Gasteiger partial charge on any atom is 0.251 e. The van der Waals surface area contributed by atoms with Gasteiger partial charge < -0.3 is 10.6 Å². The third-order valence-electron chi connectivity index (χ3n) is 4.57. The van der Waals surface area contributed by atoms with E-state index < -0.39 is 0 Å². The highest BCUT2D eigenvalue weighted by Crippen LogP contribution is 2.41. The molecule has 3 rings (SSSR count). The topological polar surface area (TPSA) is 58.2 Å². The maximum absolute atomic E-state index is 12.6. The van der Waals surface area contributed by atoms with Gasteiger partial charge in [-0.3, -0.25) is 9.59 Å². The Morgan fingerprint density at radius 1 is 1.04 bits per heavy atom. The minimum absolute atomic E-state index is 0.0523. The van der Waals surface area contributed by atoms with E-state index in [4.69, 9.17) is 0 Å². The number of nitrogens with one attached hydrogen (secondary N) is 2. The van der Waals surface area contributed by atoms with E-state index in [0.717, 1.165) is 18.4 Å². The Kier molecular flexibility index (Phi) is 5.17. The van der Waals surface area contributed by atoms with Gasteiger partial charge in [0.15, 0.2) is 0 Å². The first-order valence-electron chi connectivity index (χ1n) is 8.74. The van der Waals surface area contributed by atoms with Crippen LogP contribution < -0.4 is 10.6 Å². The first kappa shape index (κ1) is 17.2. The van der Waals surface area contributed by atoms with Crippen LogP contribution in [0.2, 0.25) is 0 Å². The Labute approximate surface area is 148 Å². The van der Waals surface area contributed by atoms with E-state index in [1.54, 1.807) is 0 Å². The van der Waals surface area contributed by atoms with E-state index in [1.807, 2.05) is 24.3 Å². The van der Waals surface area contributed by atoms with E-state index in [2.05, 4.69) is 41.8 Å². The molecule has 1 aliphatic carbocycles. The number of amides is 2. The molecule has 1 fully saturated rings. The van der Waals surface area contributed by atoms with Crippen LogP contribution in [0.4, 0.5) is 0 Å². The number of hydrogen-bond acceptors (Lipinski definition) is 2. The Bertz CT molecular complexity index is 746. The van der Waals surface area contributed by atoms with Crippen molar-refractivity contribution in [1.82, 2.24) is 10.6 Å². The Hall–Kier alpha value is -2.62. The second kappa shape index (κ2) is 7.51. The molecule has 0 bridgehead atoms. The fourth-order valence-corrected chi connectivity index (χ4v) is 2.90. The molecule has 0 radical (unpaired) electrons. The minimum Gasteiger partial charge on any atom is -0.352 e. The molecule has 1 aliphatic rings. The molecule has 25 heavy (non-hydrogen) atoms. The molecular weight excluding hydrogens is 312 g/mol. The van der Waals surface area contributed by atoms with Crippen molar-refractivity contribution in [2.45, 2.75) is 39.3 Å². The second-order valence-corrected chi connectivity index (χ2v) is 6.81. The molecule has 4 nitrogen and oxygen atoms in total. The number of carbonyl (C=O) groups excluding carboxylic acids is 2. The van der Waals surface area contributed by atoms with Gasteiger partial charge in [-0.15, -0.1) is 0 Å². The van der Waals surface area contributed by atoms with Crippen molar-refractivity contribution >= 4 is 11.8 Å². The van der Waals surface area contributed by atoms with E-state index >= 15 is 0 Å². The van der Waals surface area contributed by atoms with Crippen molar-refractivity contribution in [1.29, 1.82) is 0 Å². The lowest BCUT2D eigenvalue weighted by atomic mass is 10.0. The lowest BCUT2D eigenvalue weighted by Gasteiger charge is -2.19. The molecule has 2 amide bonds. The summed E-state index contributed by atoms with van der Waals surface area (Å²) in [7, 11) is 0. The number of rotatable bonds is 6. The molecule has 2 N–H and O–H groups in total. The van der Waals surface area contributed by atoms with Crippen LogP contribution in [0.1, 0.15) is 52.9 Å². The fourth-order valence-electron chi connectivity index (χ4n) is 2.90. The molecule has 1 atom stereocenters. The van der Waals surface area contributed by atoms with Gasteiger partial charge in [-0.1, -0.05) is 42.0 Å². The van der Waals surface area contributed by atoms with Crippen LogP contribution in [0, 0.1) is 12.8 Å². The van der Waals surface area contributed by atoms with Crippen LogP contribution in [0.5, 0.6) is 0 Å². The molecule has 2 aromatic carbocycles. The lowest BCUT2D eigenvalue weighted by Crippen LogP contribution is -2.30. The third-order valence-corrected chi connectivity index (χ3v) is 4.57. The number of benzene rings is 2. The molecule has 1 saturated carbocycles. The maximum atomic E-state index is 12.6. The largest absolute Gasteiger partial charge is 0.352 e. The summed E-state index contributed by atoms with van der Waals surface area (Å²) >= 11 is 0. The second-order valence-electron chi connectivity index (χ2n) is 6.81. The number of hydrogen-bond donors (Lipinski definition) is 2. The summed E-state index contributed by atoms with van der Waals surface area (Å²) in [5, 5.41) is 5.94. The van der Waals surface area contributed by atoms with Gasteiger partial charge in [0.2, 0.25) is 5.91 Å². The van der Waals surface area contributed by atoms with E-state index in [0.29, 0.717) is 18.0 Å². The van der Waals surface area contributed by atoms with Gasteiger partial charge in [0.05, 0.1) is 6.04 Å². The van der Waals surface area contributed by atoms with Gasteiger partial charge in [0.25, 0.3) is 5.91 Å². The van der Waals surface area contributed by atoms with Gasteiger partial charge >= 0.3 is 0 Å². The molecule has 0 aliphatic heterocycles. The fraction of sp³-hybridized carbons (Fsp3) is 0.333. The quantitative estimate of drug-likeness (QED) is 0.848. The SMILES string of the molecule is CC(=O)NCc1ccc(C(=O)N[C@@H](c2ccc(C)cc2)C2CC2)cc1. The van der Waals surface area contributed by atoms with Crippen molar-refractivity contribution in [3.8, 4) is 0 Å². The average Bonchev–Trinajstić information content (AvgIpc) is 3.44. The van der Waals surface area contributed by atoms with Crippen molar-refractivity contribution < 1.29 is 9.59 Å². The van der Waals surface area contributed by atoms with Gasteiger partial charge in [-0.2, -0.15) is 0 Å². The van der Waals surface area contributed by atoms with Crippen molar-refractivity contribution in [3.63, 3.8) is 0 Å². The zero-order valence-corrected chi connectivity index (χ0v) is 14.7. The van der Waals surface area contributed by atoms with Crippen LogP contribution in [-0.4, -0.2) is 11.8 Å². The molecule has 130 valence electrons. The summed E-state index contributed by atoms with van der Waals surface area (Å²) in [6.45, 7) is 4.03. The van der Waals surface area contributed by atoms with E-state index in [1.165, 1.54) is 18.1 Å². The Morgan fingerprint density at radius 3 is 2.24 bits per heavy atom. The van der Waals surface area contributed by atoms with Crippen molar-refractivity contribution in [2.24, 2.45) is 5.92 Å². The molecule has 0 aromatic heterocycles. The molecular formula is C21H24N2O2. The van der Waals surface area contributed by atoms with Gasteiger partial charge in [0, 0.05) is 19.0 Å². The van der Waals surface area contributed by atoms with Crippen molar-refractivity contribution in [2.75, 3.05) is 0 Å². The van der Waals surface area contributed by atoms with Gasteiger partial charge in [-0.25, -0.2) is 0 Å². The smallest absolute Gasteiger partial charge is 0.251 e. The summed E-state index contributed by atoms with van der Waals surface area (Å²) < 4.78 is 0. The average molecular weight is 336 g/mol. The van der Waals surface area contributed by atoms with Crippen LogP contribution in [0.25, 0.3) is 0 Å². The normalized spacial score (nSPS) is 14.6. The summed E-state index contributed by atoms with van der Waals surface area (Å²) in [5.41, 5.74) is 4.01. The highest BCUT2D eigenvalue weighted by atomic mass is 16.2. The van der Waals surface area contributed by atoms with E-state index in [-0.39, 0.29) is 17.9 Å². The molecule has 0 unspecified atom stereocenters. The standard InChI is InChI=1S/C21H24N2O2/c1-14-3-7-17(8-4-14)20(18-11-12-18)23-21(25)19-9-5-16(6-10-19)13-22-15(2)24/h3-10,18,20H,11-13H2,1-2H3,(H,22,24)(H,23,25)/t20-/m0/s1. The monoisotopic (exact) mass is 336 g/mol.